The minimum atomic E-state index is -1.21. The highest BCUT2D eigenvalue weighted by atomic mass is 16.5. The van der Waals surface area contributed by atoms with Crippen LogP contribution in [-0.2, 0) is 23.7 Å². The largest absolute Gasteiger partial charge is 0.457 e. The van der Waals surface area contributed by atoms with Gasteiger partial charge in [-0.15, -0.1) is 0 Å². The van der Waals surface area contributed by atoms with Crippen LogP contribution in [0.25, 0.3) is 11.0 Å². The summed E-state index contributed by atoms with van der Waals surface area (Å²) in [5.41, 5.74) is 3.28. The highest BCUT2D eigenvalue weighted by molar-refractivity contribution is 5.86. The Bertz CT molecular complexity index is 1420. The van der Waals surface area contributed by atoms with Gasteiger partial charge in [0.25, 0.3) is 0 Å². The van der Waals surface area contributed by atoms with Crippen LogP contribution >= 0.6 is 0 Å². The first kappa shape index (κ1) is 26.3. The van der Waals surface area contributed by atoms with Gasteiger partial charge in [-0.1, -0.05) is 32.9 Å². The lowest BCUT2D eigenvalue weighted by molar-refractivity contribution is -0.131. The Hall–Kier alpha value is -3.75. The molecule has 0 aliphatic heterocycles. The van der Waals surface area contributed by atoms with E-state index in [2.05, 4.69) is 43.2 Å². The van der Waals surface area contributed by atoms with E-state index in [4.69, 9.17) is 9.72 Å². The minimum Gasteiger partial charge on any atom is -0.457 e. The fourth-order valence-corrected chi connectivity index (χ4v) is 3.90. The molecule has 0 radical (unpaired) electrons. The summed E-state index contributed by atoms with van der Waals surface area (Å²) in [6.07, 6.45) is 1.56. The molecule has 0 saturated carbocycles. The number of carbonyl (C=O) groups excluding carboxylic acids is 1. The molecule has 4 aromatic rings. The van der Waals surface area contributed by atoms with Gasteiger partial charge in [-0.2, -0.15) is 0 Å². The second kappa shape index (κ2) is 10.3. The van der Waals surface area contributed by atoms with E-state index in [-0.39, 0.29) is 17.6 Å². The lowest BCUT2D eigenvalue weighted by Crippen LogP contribution is -2.36. The summed E-state index contributed by atoms with van der Waals surface area (Å²) in [5.74, 6) is 1.56. The summed E-state index contributed by atoms with van der Waals surface area (Å²) >= 11 is 0. The number of benzene rings is 2. The maximum Gasteiger partial charge on any atom is 0.208 e. The molecule has 8 nitrogen and oxygen atoms in total. The molecule has 2 aromatic carbocycles. The maximum atomic E-state index is 12.5. The Labute approximate surface area is 217 Å². The zero-order valence-corrected chi connectivity index (χ0v) is 21.9. The highest BCUT2D eigenvalue weighted by Gasteiger charge is 2.31. The van der Waals surface area contributed by atoms with Gasteiger partial charge in [-0.3, -0.25) is 9.78 Å². The SMILES string of the molecule is Cn1c(Nc2cccc(C(C)(C)C)c2)nc2cc(Oc3ccnc(CC(=O)C(C)(CO)CO)c3)ccc21. The molecule has 8 heteroatoms. The smallest absolute Gasteiger partial charge is 0.208 e. The standard InChI is InChI=1S/C29H34N4O4/c1-28(2,3)19-7-6-8-20(13-19)31-27-32-24-16-22(9-10-25(24)33(27)5)37-23-11-12-30-21(14-23)15-26(36)29(4,17-34)18-35/h6-14,16,34-35H,15,17-18H2,1-5H3,(H,31,32). The lowest BCUT2D eigenvalue weighted by Gasteiger charge is -2.22. The van der Waals surface area contributed by atoms with Gasteiger partial charge in [-0.25, -0.2) is 4.98 Å². The van der Waals surface area contributed by atoms with Crippen LogP contribution in [0.5, 0.6) is 11.5 Å². The summed E-state index contributed by atoms with van der Waals surface area (Å²) in [6.45, 7) is 7.24. The Balaban J connectivity index is 1.53. The van der Waals surface area contributed by atoms with Crippen molar-refractivity contribution in [3.05, 3.63) is 72.1 Å². The number of Topliss-reactive ketones (excluding diaryl/α,β-unsaturated/α-hetero) is 1. The number of fused-ring (bicyclic) bond motifs is 1. The van der Waals surface area contributed by atoms with Crippen molar-refractivity contribution in [2.45, 2.75) is 39.5 Å². The number of rotatable bonds is 9. The maximum absolute atomic E-state index is 12.5. The van der Waals surface area contributed by atoms with Crippen molar-refractivity contribution in [2.75, 3.05) is 18.5 Å². The number of carbonyl (C=O) groups is 1. The molecule has 37 heavy (non-hydrogen) atoms. The topological polar surface area (TPSA) is 110 Å². The summed E-state index contributed by atoms with van der Waals surface area (Å²) in [7, 11) is 1.96. The number of nitrogens with zero attached hydrogens (tertiary/aromatic N) is 3. The van der Waals surface area contributed by atoms with Gasteiger partial charge in [0.05, 0.1) is 35.4 Å². The summed E-state index contributed by atoms with van der Waals surface area (Å²) in [4.78, 5) is 21.5. The second-order valence-corrected chi connectivity index (χ2v) is 10.7. The molecular formula is C29H34N4O4. The fourth-order valence-electron chi connectivity index (χ4n) is 3.90. The quantitative estimate of drug-likeness (QED) is 0.298. The van der Waals surface area contributed by atoms with Crippen LogP contribution in [0, 0.1) is 5.41 Å². The molecule has 0 atom stereocenters. The monoisotopic (exact) mass is 502 g/mol. The van der Waals surface area contributed by atoms with Crippen LogP contribution in [0.1, 0.15) is 39.0 Å². The van der Waals surface area contributed by atoms with Crippen molar-refractivity contribution in [2.24, 2.45) is 12.5 Å². The predicted octanol–water partition coefficient (Wildman–Crippen LogP) is 4.90. The molecule has 194 valence electrons. The molecule has 0 fully saturated rings. The molecule has 4 rings (SSSR count). The van der Waals surface area contributed by atoms with Crippen LogP contribution in [0.4, 0.5) is 11.6 Å². The highest BCUT2D eigenvalue weighted by Crippen LogP contribution is 2.30. The number of aliphatic hydroxyl groups is 2. The van der Waals surface area contributed by atoms with E-state index in [0.717, 1.165) is 22.7 Å². The number of aryl methyl sites for hydroxylation is 1. The minimum absolute atomic E-state index is 0.0143. The molecule has 0 aliphatic rings. The molecule has 0 spiro atoms. The molecule has 0 aliphatic carbocycles. The number of pyridine rings is 1. The van der Waals surface area contributed by atoms with Gasteiger partial charge in [-0.05, 0) is 48.2 Å². The van der Waals surface area contributed by atoms with E-state index in [0.29, 0.717) is 17.2 Å². The molecule has 3 N–H and O–H groups in total. The summed E-state index contributed by atoms with van der Waals surface area (Å²) in [5, 5.41) is 22.4. The Morgan fingerprint density at radius 1 is 1.00 bits per heavy atom. The van der Waals surface area contributed by atoms with Crippen molar-refractivity contribution in [3.63, 3.8) is 0 Å². The third-order valence-electron chi connectivity index (χ3n) is 6.57. The third kappa shape index (κ3) is 5.81. The number of hydrogen-bond donors (Lipinski definition) is 3. The Morgan fingerprint density at radius 3 is 2.43 bits per heavy atom. The van der Waals surface area contributed by atoms with Crippen molar-refractivity contribution in [1.29, 1.82) is 0 Å². The lowest BCUT2D eigenvalue weighted by atomic mass is 9.85. The average Bonchev–Trinajstić information content (AvgIpc) is 3.17. The van der Waals surface area contributed by atoms with Crippen molar-refractivity contribution >= 4 is 28.5 Å². The van der Waals surface area contributed by atoms with Crippen LogP contribution < -0.4 is 10.1 Å². The third-order valence-corrected chi connectivity index (χ3v) is 6.57. The average molecular weight is 503 g/mol. The normalized spacial score (nSPS) is 12.1. The van der Waals surface area contributed by atoms with Gasteiger partial charge >= 0.3 is 0 Å². The van der Waals surface area contributed by atoms with Gasteiger partial charge in [0.2, 0.25) is 5.95 Å². The molecule has 2 aromatic heterocycles. The summed E-state index contributed by atoms with van der Waals surface area (Å²) in [6, 6.07) is 17.4. The first-order valence-electron chi connectivity index (χ1n) is 12.2. The van der Waals surface area contributed by atoms with E-state index in [9.17, 15) is 15.0 Å². The van der Waals surface area contributed by atoms with Crippen LogP contribution in [0.15, 0.2) is 60.8 Å². The number of aliphatic hydroxyl groups excluding tert-OH is 2. The van der Waals surface area contributed by atoms with E-state index in [1.165, 1.54) is 12.5 Å². The van der Waals surface area contributed by atoms with Crippen LogP contribution in [0.2, 0.25) is 0 Å². The number of hydrogen-bond acceptors (Lipinski definition) is 7. The number of nitrogens with one attached hydrogen (secondary N) is 1. The molecule has 2 heterocycles. The number of ether oxygens (including phenoxy) is 1. The number of ketones is 1. The first-order valence-corrected chi connectivity index (χ1v) is 12.2. The zero-order chi connectivity index (χ0) is 26.8. The Kier molecular flexibility index (Phi) is 7.34. The number of anilines is 2. The van der Waals surface area contributed by atoms with Gasteiger partial charge in [0.15, 0.2) is 0 Å². The van der Waals surface area contributed by atoms with E-state index < -0.39 is 18.6 Å². The van der Waals surface area contributed by atoms with Crippen molar-refractivity contribution < 1.29 is 19.7 Å². The molecule has 0 unspecified atom stereocenters. The van der Waals surface area contributed by atoms with Crippen molar-refractivity contribution in [1.82, 2.24) is 14.5 Å². The first-order chi connectivity index (χ1) is 17.5. The van der Waals surface area contributed by atoms with Crippen molar-refractivity contribution in [3.8, 4) is 11.5 Å². The number of aromatic nitrogens is 3. The molecule has 0 saturated heterocycles. The van der Waals surface area contributed by atoms with E-state index >= 15 is 0 Å². The molecule has 0 amide bonds. The molecule has 0 bridgehead atoms. The fraction of sp³-hybridized carbons (Fsp3) is 0.345. The predicted molar refractivity (Wildman–Crippen MR) is 144 cm³/mol. The Morgan fingerprint density at radius 2 is 1.73 bits per heavy atom. The second-order valence-electron chi connectivity index (χ2n) is 10.7. The summed E-state index contributed by atoms with van der Waals surface area (Å²) < 4.78 is 8.05. The van der Waals surface area contributed by atoms with E-state index in [1.807, 2.05) is 41.9 Å². The van der Waals surface area contributed by atoms with Gasteiger partial charge < -0.3 is 24.8 Å². The van der Waals surface area contributed by atoms with Crippen LogP contribution in [-0.4, -0.2) is 43.7 Å². The van der Waals surface area contributed by atoms with Gasteiger partial charge in [0, 0.05) is 37.5 Å². The molecular weight excluding hydrogens is 468 g/mol. The number of imidazole rings is 1. The van der Waals surface area contributed by atoms with Gasteiger partial charge in [0.1, 0.15) is 17.3 Å². The zero-order valence-electron chi connectivity index (χ0n) is 21.9. The van der Waals surface area contributed by atoms with Crippen LogP contribution in [0.3, 0.4) is 0 Å². The van der Waals surface area contributed by atoms with E-state index in [1.54, 1.807) is 18.3 Å².